The van der Waals surface area contributed by atoms with Crippen LogP contribution in [0.3, 0.4) is 0 Å². The third kappa shape index (κ3) is 26.8. The zero-order valence-electron chi connectivity index (χ0n) is 17.3. The van der Waals surface area contributed by atoms with Crippen LogP contribution in [-0.2, 0) is 4.79 Å². The average Bonchev–Trinajstić information content (AvgIpc) is 2.56. The van der Waals surface area contributed by atoms with Crippen molar-refractivity contribution in [2.24, 2.45) is 0 Å². The van der Waals surface area contributed by atoms with Crippen molar-refractivity contribution in [3.8, 4) is 0 Å². The normalized spacial score (nSPS) is 10.6. The van der Waals surface area contributed by atoms with Crippen molar-refractivity contribution < 1.29 is 9.90 Å². The molecular formula is C21H43NNaO2. The Hall–Kier alpha value is 0.430. The molecule has 145 valence electrons. The Morgan fingerprint density at radius 2 is 1.00 bits per heavy atom. The van der Waals surface area contributed by atoms with Gasteiger partial charge in [0.05, 0.1) is 6.42 Å². The second-order valence-corrected chi connectivity index (χ2v) is 7.20. The standard InChI is InChI=1S/C21H43NO2.Na/c1-2-3-4-5-6-7-8-9-10-11-12-13-14-15-16-17-19-22-20-18-21(23)24;/h22H,2-20H2,1H3,(H,23,24);. The van der Waals surface area contributed by atoms with Crippen LogP contribution in [0, 0.1) is 0 Å². The summed E-state index contributed by atoms with van der Waals surface area (Å²) < 4.78 is 0. The molecule has 4 heteroatoms. The number of nitrogens with one attached hydrogen (secondary N) is 1. The van der Waals surface area contributed by atoms with E-state index in [-0.39, 0.29) is 36.0 Å². The molecule has 3 nitrogen and oxygen atoms in total. The van der Waals surface area contributed by atoms with Gasteiger partial charge in [-0.3, -0.25) is 4.79 Å². The summed E-state index contributed by atoms with van der Waals surface area (Å²) in [5.41, 5.74) is 0. The summed E-state index contributed by atoms with van der Waals surface area (Å²) in [6, 6.07) is 0. The van der Waals surface area contributed by atoms with Gasteiger partial charge in [0.15, 0.2) is 0 Å². The summed E-state index contributed by atoms with van der Waals surface area (Å²) in [6.45, 7) is 3.85. The first kappa shape index (κ1) is 27.6. The first-order valence-corrected chi connectivity index (χ1v) is 10.7. The Labute approximate surface area is 179 Å². The minimum atomic E-state index is -0.713. The van der Waals surface area contributed by atoms with E-state index in [1.165, 1.54) is 103 Å². The fraction of sp³-hybridized carbons (Fsp3) is 0.952. The molecule has 0 aliphatic rings. The van der Waals surface area contributed by atoms with Gasteiger partial charge in [-0.15, -0.1) is 0 Å². The van der Waals surface area contributed by atoms with Gasteiger partial charge in [-0.2, -0.15) is 0 Å². The largest absolute Gasteiger partial charge is 0.481 e. The maximum absolute atomic E-state index is 10.3. The average molecular weight is 365 g/mol. The van der Waals surface area contributed by atoms with Gasteiger partial charge in [-0.05, 0) is 13.0 Å². The molecule has 0 aromatic rings. The van der Waals surface area contributed by atoms with Gasteiger partial charge < -0.3 is 10.4 Å². The second-order valence-electron chi connectivity index (χ2n) is 7.20. The molecule has 0 aromatic heterocycles. The summed E-state index contributed by atoms with van der Waals surface area (Å²) in [5.74, 6) is -0.713. The van der Waals surface area contributed by atoms with Gasteiger partial charge in [-0.1, -0.05) is 103 Å². The number of hydrogen-bond acceptors (Lipinski definition) is 2. The fourth-order valence-corrected chi connectivity index (χ4v) is 3.12. The number of carboxylic acids is 1. The van der Waals surface area contributed by atoms with Crippen molar-refractivity contribution in [3.63, 3.8) is 0 Å². The van der Waals surface area contributed by atoms with E-state index >= 15 is 0 Å². The zero-order chi connectivity index (χ0) is 17.7. The number of carboxylic acid groups (broad SMARTS) is 1. The van der Waals surface area contributed by atoms with E-state index in [1.807, 2.05) is 0 Å². The number of aliphatic carboxylic acids is 1. The predicted octanol–water partition coefficient (Wildman–Crippen LogP) is 5.93. The molecule has 0 spiro atoms. The van der Waals surface area contributed by atoms with E-state index in [9.17, 15) is 4.79 Å². The van der Waals surface area contributed by atoms with Crippen LogP contribution >= 0.6 is 0 Å². The molecule has 25 heavy (non-hydrogen) atoms. The van der Waals surface area contributed by atoms with Crippen molar-refractivity contribution in [1.82, 2.24) is 5.32 Å². The van der Waals surface area contributed by atoms with Gasteiger partial charge >= 0.3 is 5.97 Å². The maximum Gasteiger partial charge on any atom is 0.304 e. The van der Waals surface area contributed by atoms with Gasteiger partial charge in [0.1, 0.15) is 0 Å². The van der Waals surface area contributed by atoms with Gasteiger partial charge in [0, 0.05) is 36.1 Å². The number of unbranched alkanes of at least 4 members (excludes halogenated alkanes) is 15. The summed E-state index contributed by atoms with van der Waals surface area (Å²) in [4.78, 5) is 10.3. The van der Waals surface area contributed by atoms with Crippen LogP contribution in [0.25, 0.3) is 0 Å². The second kappa shape index (κ2) is 24.4. The zero-order valence-corrected chi connectivity index (χ0v) is 19.3. The molecule has 2 N–H and O–H groups in total. The molecule has 0 aromatic carbocycles. The number of rotatable bonds is 20. The van der Waals surface area contributed by atoms with Crippen LogP contribution in [0.5, 0.6) is 0 Å². The van der Waals surface area contributed by atoms with Crippen molar-refractivity contribution in [3.05, 3.63) is 0 Å². The molecule has 1 radical (unpaired) electrons. The van der Waals surface area contributed by atoms with Crippen LogP contribution in [0.2, 0.25) is 0 Å². The Morgan fingerprint density at radius 3 is 1.36 bits per heavy atom. The first-order chi connectivity index (χ1) is 11.8. The van der Waals surface area contributed by atoms with Crippen LogP contribution in [-0.4, -0.2) is 53.7 Å². The predicted molar refractivity (Wildman–Crippen MR) is 110 cm³/mol. The van der Waals surface area contributed by atoms with E-state index in [0.717, 1.165) is 6.54 Å². The third-order valence-electron chi connectivity index (χ3n) is 4.72. The monoisotopic (exact) mass is 364 g/mol. The molecule has 0 rings (SSSR count). The van der Waals surface area contributed by atoms with E-state index < -0.39 is 5.97 Å². The molecule has 0 saturated heterocycles. The van der Waals surface area contributed by atoms with E-state index in [1.54, 1.807) is 0 Å². The fourth-order valence-electron chi connectivity index (χ4n) is 3.12. The molecule has 0 heterocycles. The number of hydrogen-bond donors (Lipinski definition) is 2. The minimum absolute atomic E-state index is 0. The van der Waals surface area contributed by atoms with Crippen LogP contribution in [0.4, 0.5) is 0 Å². The van der Waals surface area contributed by atoms with Gasteiger partial charge in [-0.25, -0.2) is 0 Å². The molecule has 0 bridgehead atoms. The summed E-state index contributed by atoms with van der Waals surface area (Å²) in [5, 5.41) is 11.7. The van der Waals surface area contributed by atoms with Crippen LogP contribution in [0.15, 0.2) is 0 Å². The molecule has 0 aliphatic heterocycles. The van der Waals surface area contributed by atoms with Crippen LogP contribution < -0.4 is 5.32 Å². The van der Waals surface area contributed by atoms with E-state index in [2.05, 4.69) is 12.2 Å². The Morgan fingerprint density at radius 1 is 0.640 bits per heavy atom. The van der Waals surface area contributed by atoms with Crippen molar-refractivity contribution in [2.45, 2.75) is 116 Å². The van der Waals surface area contributed by atoms with Crippen molar-refractivity contribution >= 4 is 35.5 Å². The van der Waals surface area contributed by atoms with Gasteiger partial charge in [0.25, 0.3) is 0 Å². The van der Waals surface area contributed by atoms with Crippen molar-refractivity contribution in [1.29, 1.82) is 0 Å². The first-order valence-electron chi connectivity index (χ1n) is 10.7. The third-order valence-corrected chi connectivity index (χ3v) is 4.72. The van der Waals surface area contributed by atoms with Crippen LogP contribution in [0.1, 0.15) is 116 Å². The molecule has 0 saturated carbocycles. The Bertz CT molecular complexity index is 262. The minimum Gasteiger partial charge on any atom is -0.481 e. The maximum atomic E-state index is 10.3. The summed E-state index contributed by atoms with van der Waals surface area (Å²) in [6.07, 6.45) is 22.5. The quantitative estimate of drug-likeness (QED) is 0.208. The summed E-state index contributed by atoms with van der Waals surface area (Å²) in [7, 11) is 0. The SMILES string of the molecule is CCCCCCCCCCCCCCCCCCNCCC(=O)O.[Na]. The Balaban J connectivity index is 0. The van der Waals surface area contributed by atoms with E-state index in [0.29, 0.717) is 6.54 Å². The smallest absolute Gasteiger partial charge is 0.304 e. The van der Waals surface area contributed by atoms with E-state index in [4.69, 9.17) is 5.11 Å². The topological polar surface area (TPSA) is 49.3 Å². The Kier molecular flexibility index (Phi) is 27.0. The molecular weight excluding hydrogens is 321 g/mol. The van der Waals surface area contributed by atoms with Gasteiger partial charge in [0.2, 0.25) is 0 Å². The molecule has 0 amide bonds. The molecule has 0 unspecified atom stereocenters. The molecule has 0 fully saturated rings. The molecule has 0 aliphatic carbocycles. The van der Waals surface area contributed by atoms with Crippen molar-refractivity contribution in [2.75, 3.05) is 13.1 Å². The molecule has 0 atom stereocenters. The number of carbonyl (C=O) groups is 1. The summed E-state index contributed by atoms with van der Waals surface area (Å²) >= 11 is 0.